The highest BCUT2D eigenvalue weighted by atomic mass is 15.1. The molecule has 0 atom stereocenters. The van der Waals surface area contributed by atoms with Crippen molar-refractivity contribution in [3.8, 4) is 0 Å². The summed E-state index contributed by atoms with van der Waals surface area (Å²) in [6, 6.07) is 0. The van der Waals surface area contributed by atoms with E-state index in [-0.39, 0.29) is 0 Å². The molecular formula is C23H50N2. The topological polar surface area (TPSA) is 15.3 Å². The quantitative estimate of drug-likeness (QED) is 0.228. The molecule has 0 saturated heterocycles. The van der Waals surface area contributed by atoms with Gasteiger partial charge in [-0.1, -0.05) is 91.4 Å². The summed E-state index contributed by atoms with van der Waals surface area (Å²) in [5, 5.41) is 3.65. The lowest BCUT2D eigenvalue weighted by Gasteiger charge is -2.21. The highest BCUT2D eigenvalue weighted by molar-refractivity contribution is 4.60. The first-order valence-corrected chi connectivity index (χ1v) is 11.8. The van der Waals surface area contributed by atoms with E-state index < -0.39 is 0 Å². The molecule has 0 aliphatic rings. The number of rotatable bonds is 21. The second-order valence-corrected chi connectivity index (χ2v) is 7.83. The van der Waals surface area contributed by atoms with Gasteiger partial charge in [0.05, 0.1) is 0 Å². The average molecular weight is 355 g/mol. The van der Waals surface area contributed by atoms with Crippen molar-refractivity contribution in [3.63, 3.8) is 0 Å². The molecule has 0 fully saturated rings. The molecule has 2 nitrogen and oxygen atoms in total. The predicted molar refractivity (Wildman–Crippen MR) is 116 cm³/mol. The molecule has 0 aliphatic carbocycles. The maximum Gasteiger partial charge on any atom is -0.000664 e. The summed E-state index contributed by atoms with van der Waals surface area (Å²) in [5.74, 6) is 0. The van der Waals surface area contributed by atoms with Gasteiger partial charge >= 0.3 is 0 Å². The fourth-order valence-electron chi connectivity index (χ4n) is 3.39. The number of hydrogen-bond donors (Lipinski definition) is 1. The smallest absolute Gasteiger partial charge is 0.000664 e. The summed E-state index contributed by atoms with van der Waals surface area (Å²) in [5.41, 5.74) is 0. The number of nitrogens with one attached hydrogen (secondary N) is 1. The first-order chi connectivity index (χ1) is 12.3. The molecule has 0 aromatic heterocycles. The summed E-state index contributed by atoms with van der Waals surface area (Å²) in [6.45, 7) is 13.2. The Hall–Kier alpha value is -0.0800. The molecule has 0 spiro atoms. The summed E-state index contributed by atoms with van der Waals surface area (Å²) in [6.07, 6.45) is 21.0. The molecular weight excluding hydrogens is 304 g/mol. The van der Waals surface area contributed by atoms with Crippen molar-refractivity contribution in [1.82, 2.24) is 10.2 Å². The number of unbranched alkanes of at least 4 members (excludes halogenated alkanes) is 11. The molecule has 0 aromatic rings. The minimum absolute atomic E-state index is 1.20. The fraction of sp³-hybridized carbons (Fsp3) is 1.00. The van der Waals surface area contributed by atoms with Crippen molar-refractivity contribution in [2.75, 3.05) is 32.7 Å². The third-order valence-electron chi connectivity index (χ3n) is 5.19. The summed E-state index contributed by atoms with van der Waals surface area (Å²) in [7, 11) is 0. The third kappa shape index (κ3) is 20.1. The Morgan fingerprint density at radius 2 is 0.840 bits per heavy atom. The van der Waals surface area contributed by atoms with Gasteiger partial charge in [-0.05, 0) is 58.4 Å². The van der Waals surface area contributed by atoms with Gasteiger partial charge in [0.2, 0.25) is 0 Å². The Kier molecular flexibility index (Phi) is 21.9. The molecule has 25 heavy (non-hydrogen) atoms. The maximum absolute atomic E-state index is 3.65. The van der Waals surface area contributed by atoms with Gasteiger partial charge in [0.15, 0.2) is 0 Å². The van der Waals surface area contributed by atoms with Crippen molar-refractivity contribution in [2.24, 2.45) is 0 Å². The Balaban J connectivity index is 3.27. The standard InChI is InChI=1S/C23H50N2/c1-4-7-10-11-12-13-14-15-16-17-19-24-20-18-23-25(21-8-5-2)22-9-6-3/h24H,4-23H2,1-3H3. The van der Waals surface area contributed by atoms with Gasteiger partial charge in [0.1, 0.15) is 0 Å². The molecule has 0 aliphatic heterocycles. The Bertz CT molecular complexity index is 222. The van der Waals surface area contributed by atoms with Gasteiger partial charge in [0.25, 0.3) is 0 Å². The zero-order valence-corrected chi connectivity index (χ0v) is 18.1. The van der Waals surface area contributed by atoms with Gasteiger partial charge in [-0.15, -0.1) is 0 Å². The minimum Gasteiger partial charge on any atom is -0.317 e. The monoisotopic (exact) mass is 354 g/mol. The third-order valence-corrected chi connectivity index (χ3v) is 5.19. The zero-order valence-electron chi connectivity index (χ0n) is 18.1. The van der Waals surface area contributed by atoms with Crippen LogP contribution in [0.2, 0.25) is 0 Å². The van der Waals surface area contributed by atoms with Gasteiger partial charge < -0.3 is 10.2 Å². The largest absolute Gasteiger partial charge is 0.317 e. The van der Waals surface area contributed by atoms with E-state index in [2.05, 4.69) is 31.0 Å². The van der Waals surface area contributed by atoms with Crippen LogP contribution in [0.4, 0.5) is 0 Å². The van der Waals surface area contributed by atoms with Crippen LogP contribution in [0.15, 0.2) is 0 Å². The second-order valence-electron chi connectivity index (χ2n) is 7.83. The van der Waals surface area contributed by atoms with Crippen LogP contribution in [0, 0.1) is 0 Å². The van der Waals surface area contributed by atoms with Crippen LogP contribution in [0.3, 0.4) is 0 Å². The van der Waals surface area contributed by atoms with Gasteiger partial charge in [-0.2, -0.15) is 0 Å². The molecule has 0 bridgehead atoms. The molecule has 152 valence electrons. The van der Waals surface area contributed by atoms with Gasteiger partial charge in [-0.25, -0.2) is 0 Å². The molecule has 2 heteroatoms. The SMILES string of the molecule is CCCCCCCCCCCCNCCCN(CCCC)CCCC. The van der Waals surface area contributed by atoms with E-state index in [0.29, 0.717) is 0 Å². The molecule has 0 saturated carbocycles. The molecule has 0 amide bonds. The molecule has 0 radical (unpaired) electrons. The highest BCUT2D eigenvalue weighted by Gasteiger charge is 2.03. The van der Waals surface area contributed by atoms with E-state index in [1.807, 2.05) is 0 Å². The zero-order chi connectivity index (χ0) is 18.4. The van der Waals surface area contributed by atoms with E-state index in [4.69, 9.17) is 0 Å². The van der Waals surface area contributed by atoms with Crippen LogP contribution in [-0.4, -0.2) is 37.6 Å². The van der Waals surface area contributed by atoms with Crippen molar-refractivity contribution in [3.05, 3.63) is 0 Å². The van der Waals surface area contributed by atoms with Crippen LogP contribution in [-0.2, 0) is 0 Å². The molecule has 0 unspecified atom stereocenters. The van der Waals surface area contributed by atoms with Crippen molar-refractivity contribution >= 4 is 0 Å². The van der Waals surface area contributed by atoms with Crippen LogP contribution < -0.4 is 5.32 Å². The maximum atomic E-state index is 3.65. The Labute approximate surface area is 160 Å². The number of hydrogen-bond acceptors (Lipinski definition) is 2. The number of nitrogens with zero attached hydrogens (tertiary/aromatic N) is 1. The van der Waals surface area contributed by atoms with Crippen LogP contribution in [0.5, 0.6) is 0 Å². The average Bonchev–Trinajstić information content (AvgIpc) is 2.63. The lowest BCUT2D eigenvalue weighted by atomic mass is 10.1. The fourth-order valence-corrected chi connectivity index (χ4v) is 3.39. The highest BCUT2D eigenvalue weighted by Crippen LogP contribution is 2.10. The van der Waals surface area contributed by atoms with Crippen LogP contribution >= 0.6 is 0 Å². The second kappa shape index (κ2) is 22.0. The summed E-state index contributed by atoms with van der Waals surface area (Å²) >= 11 is 0. The van der Waals surface area contributed by atoms with Crippen molar-refractivity contribution < 1.29 is 0 Å². The van der Waals surface area contributed by atoms with Crippen molar-refractivity contribution in [1.29, 1.82) is 0 Å². The predicted octanol–water partition coefficient (Wildman–Crippen LogP) is 6.79. The summed E-state index contributed by atoms with van der Waals surface area (Å²) in [4.78, 5) is 2.68. The molecule has 0 heterocycles. The van der Waals surface area contributed by atoms with E-state index in [0.717, 1.165) is 0 Å². The Morgan fingerprint density at radius 1 is 0.440 bits per heavy atom. The first-order valence-electron chi connectivity index (χ1n) is 11.8. The van der Waals surface area contributed by atoms with Crippen LogP contribution in [0.1, 0.15) is 117 Å². The molecule has 0 rings (SSSR count). The minimum atomic E-state index is 1.20. The molecule has 1 N–H and O–H groups in total. The normalized spacial score (nSPS) is 11.5. The lowest BCUT2D eigenvalue weighted by Crippen LogP contribution is -2.29. The lowest BCUT2D eigenvalue weighted by molar-refractivity contribution is 0.261. The van der Waals surface area contributed by atoms with E-state index in [1.165, 1.54) is 129 Å². The molecule has 0 aromatic carbocycles. The van der Waals surface area contributed by atoms with Crippen LogP contribution in [0.25, 0.3) is 0 Å². The van der Waals surface area contributed by atoms with Crippen molar-refractivity contribution in [2.45, 2.75) is 117 Å². The van der Waals surface area contributed by atoms with E-state index >= 15 is 0 Å². The summed E-state index contributed by atoms with van der Waals surface area (Å²) < 4.78 is 0. The Morgan fingerprint density at radius 3 is 1.36 bits per heavy atom. The van der Waals surface area contributed by atoms with E-state index in [1.54, 1.807) is 0 Å². The first kappa shape index (κ1) is 24.9. The van der Waals surface area contributed by atoms with Gasteiger partial charge in [0, 0.05) is 0 Å². The van der Waals surface area contributed by atoms with Gasteiger partial charge in [-0.3, -0.25) is 0 Å². The van der Waals surface area contributed by atoms with E-state index in [9.17, 15) is 0 Å².